The molecule has 2 aromatic heterocycles. The van der Waals surface area contributed by atoms with E-state index >= 15 is 0 Å². The molecule has 0 spiro atoms. The normalized spacial score (nSPS) is 10.3. The van der Waals surface area contributed by atoms with E-state index < -0.39 is 0 Å². The topological polar surface area (TPSA) is 67.4 Å². The fourth-order valence-corrected chi connectivity index (χ4v) is 2.48. The van der Waals surface area contributed by atoms with Crippen LogP contribution in [-0.4, -0.2) is 9.38 Å². The second kappa shape index (κ2) is 5.15. The molecule has 20 heavy (non-hydrogen) atoms. The number of aromatic nitrogens is 2. The highest BCUT2D eigenvalue weighted by Gasteiger charge is 2.04. The van der Waals surface area contributed by atoms with Crippen molar-refractivity contribution in [1.82, 2.24) is 9.38 Å². The fraction of sp³-hybridized carbons (Fsp3) is 0.0714. The van der Waals surface area contributed by atoms with Gasteiger partial charge in [-0.1, -0.05) is 0 Å². The summed E-state index contributed by atoms with van der Waals surface area (Å²) >= 11 is 1.40. The van der Waals surface area contributed by atoms with E-state index in [1.165, 1.54) is 21.8 Å². The zero-order chi connectivity index (χ0) is 13.9. The van der Waals surface area contributed by atoms with Crippen LogP contribution in [0, 0.1) is 11.3 Å². The Morgan fingerprint density at radius 3 is 2.90 bits per heavy atom. The number of hydrogen-bond donors (Lipinski definition) is 0. The molecule has 1 aromatic carbocycles. The van der Waals surface area contributed by atoms with Gasteiger partial charge in [0.2, 0.25) is 0 Å². The third kappa shape index (κ3) is 2.39. The first-order chi connectivity index (χ1) is 9.76. The molecule has 0 aliphatic carbocycles. The lowest BCUT2D eigenvalue weighted by molar-refractivity contribution is 0.301. The van der Waals surface area contributed by atoms with Gasteiger partial charge >= 0.3 is 0 Å². The number of thiazole rings is 1. The molecular weight excluding hydrogens is 274 g/mol. The largest absolute Gasteiger partial charge is 0.487 e. The monoisotopic (exact) mass is 283 g/mol. The number of nitrogens with zero attached hydrogens (tertiary/aromatic N) is 3. The molecule has 0 N–H and O–H groups in total. The third-order valence-corrected chi connectivity index (χ3v) is 3.48. The van der Waals surface area contributed by atoms with Gasteiger partial charge in [0, 0.05) is 17.6 Å². The molecule has 0 saturated heterocycles. The van der Waals surface area contributed by atoms with Gasteiger partial charge in [0.05, 0.1) is 17.3 Å². The highest BCUT2D eigenvalue weighted by Crippen LogP contribution is 2.13. The first kappa shape index (κ1) is 12.4. The second-order valence-electron chi connectivity index (χ2n) is 4.07. The van der Waals surface area contributed by atoms with Gasteiger partial charge in [0.25, 0.3) is 5.56 Å². The third-order valence-electron chi connectivity index (χ3n) is 2.73. The van der Waals surface area contributed by atoms with Crippen molar-refractivity contribution in [3.05, 3.63) is 63.5 Å². The predicted molar refractivity (Wildman–Crippen MR) is 74.8 cm³/mol. The minimum atomic E-state index is -0.116. The molecule has 3 aromatic rings. The zero-order valence-corrected chi connectivity index (χ0v) is 11.1. The number of fused-ring (bicyclic) bond motifs is 1. The van der Waals surface area contributed by atoms with E-state index in [9.17, 15) is 4.79 Å². The Morgan fingerprint density at radius 1 is 1.35 bits per heavy atom. The van der Waals surface area contributed by atoms with Crippen LogP contribution < -0.4 is 10.3 Å². The van der Waals surface area contributed by atoms with Gasteiger partial charge in [-0.25, -0.2) is 4.98 Å². The minimum Gasteiger partial charge on any atom is -0.487 e. The van der Waals surface area contributed by atoms with Gasteiger partial charge in [0.1, 0.15) is 12.4 Å². The molecule has 0 saturated carbocycles. The lowest BCUT2D eigenvalue weighted by Gasteiger charge is -2.05. The Labute approximate surface area is 118 Å². The van der Waals surface area contributed by atoms with Crippen LogP contribution >= 0.6 is 11.3 Å². The standard InChI is InChI=1S/C14H9N3O2S/c15-8-10-1-3-12(4-2-10)19-9-11-7-13(18)17-5-6-20-14(17)16-11/h1-7H,9H2. The summed E-state index contributed by atoms with van der Waals surface area (Å²) in [7, 11) is 0. The van der Waals surface area contributed by atoms with Crippen molar-refractivity contribution in [2.75, 3.05) is 0 Å². The van der Waals surface area contributed by atoms with Crippen molar-refractivity contribution in [2.45, 2.75) is 6.61 Å². The maximum Gasteiger partial charge on any atom is 0.258 e. The van der Waals surface area contributed by atoms with Crippen LogP contribution in [0.1, 0.15) is 11.3 Å². The van der Waals surface area contributed by atoms with Crippen molar-refractivity contribution in [2.24, 2.45) is 0 Å². The summed E-state index contributed by atoms with van der Waals surface area (Å²) in [5.74, 6) is 0.636. The number of rotatable bonds is 3. The fourth-order valence-electron chi connectivity index (χ4n) is 1.74. The summed E-state index contributed by atoms with van der Waals surface area (Å²) in [5, 5.41) is 10.5. The number of ether oxygens (including phenoxy) is 1. The highest BCUT2D eigenvalue weighted by atomic mass is 32.1. The van der Waals surface area contributed by atoms with Gasteiger partial charge in [0.15, 0.2) is 4.96 Å². The highest BCUT2D eigenvalue weighted by molar-refractivity contribution is 7.15. The second-order valence-corrected chi connectivity index (χ2v) is 4.94. The minimum absolute atomic E-state index is 0.116. The number of benzene rings is 1. The average Bonchev–Trinajstić information content (AvgIpc) is 2.94. The van der Waals surface area contributed by atoms with Crippen LogP contribution in [0.5, 0.6) is 5.75 Å². The van der Waals surface area contributed by atoms with E-state index in [0.29, 0.717) is 22.0 Å². The van der Waals surface area contributed by atoms with E-state index in [1.807, 2.05) is 11.4 Å². The molecule has 0 fully saturated rings. The predicted octanol–water partition coefficient (Wildman–Crippen LogP) is 2.21. The molecule has 6 heteroatoms. The molecule has 0 aliphatic rings. The molecule has 0 radical (unpaired) electrons. The van der Waals surface area contributed by atoms with E-state index in [4.69, 9.17) is 10.00 Å². The number of hydrogen-bond acceptors (Lipinski definition) is 5. The molecule has 2 heterocycles. The molecule has 0 bridgehead atoms. The summed E-state index contributed by atoms with van der Waals surface area (Å²) in [6, 6.07) is 10.3. The molecule has 0 aliphatic heterocycles. The molecule has 3 rings (SSSR count). The van der Waals surface area contributed by atoms with Crippen molar-refractivity contribution >= 4 is 16.3 Å². The van der Waals surface area contributed by atoms with Crippen molar-refractivity contribution in [3.63, 3.8) is 0 Å². The molecule has 0 atom stereocenters. The van der Waals surface area contributed by atoms with Crippen LogP contribution in [0.3, 0.4) is 0 Å². The zero-order valence-electron chi connectivity index (χ0n) is 10.3. The van der Waals surface area contributed by atoms with Crippen molar-refractivity contribution in [1.29, 1.82) is 5.26 Å². The van der Waals surface area contributed by atoms with E-state index in [2.05, 4.69) is 4.98 Å². The molecule has 5 nitrogen and oxygen atoms in total. The van der Waals surface area contributed by atoms with E-state index in [-0.39, 0.29) is 12.2 Å². The van der Waals surface area contributed by atoms with E-state index in [0.717, 1.165) is 0 Å². The number of nitriles is 1. The quantitative estimate of drug-likeness (QED) is 0.739. The molecule has 0 amide bonds. The summed E-state index contributed by atoms with van der Waals surface area (Å²) in [6.45, 7) is 0.218. The molecule has 0 unspecified atom stereocenters. The summed E-state index contributed by atoms with van der Waals surface area (Å²) in [4.78, 5) is 16.8. The van der Waals surface area contributed by atoms with Gasteiger partial charge < -0.3 is 4.74 Å². The lowest BCUT2D eigenvalue weighted by Crippen LogP contribution is -2.14. The van der Waals surface area contributed by atoms with Gasteiger partial charge in [-0.15, -0.1) is 11.3 Å². The lowest BCUT2D eigenvalue weighted by atomic mass is 10.2. The van der Waals surface area contributed by atoms with Crippen LogP contribution in [0.4, 0.5) is 0 Å². The first-order valence-electron chi connectivity index (χ1n) is 5.85. The van der Waals surface area contributed by atoms with Gasteiger partial charge in [-0.2, -0.15) is 5.26 Å². The van der Waals surface area contributed by atoms with Gasteiger partial charge in [-0.3, -0.25) is 9.20 Å². The Kier molecular flexibility index (Phi) is 3.19. The van der Waals surface area contributed by atoms with Crippen molar-refractivity contribution in [3.8, 4) is 11.8 Å². The van der Waals surface area contributed by atoms with Crippen LogP contribution in [-0.2, 0) is 6.61 Å². The Bertz CT molecular complexity index is 843. The molecule has 98 valence electrons. The maximum absolute atomic E-state index is 11.8. The Balaban J connectivity index is 1.79. The smallest absolute Gasteiger partial charge is 0.258 e. The first-order valence-corrected chi connectivity index (χ1v) is 6.73. The maximum atomic E-state index is 11.8. The summed E-state index contributed by atoms with van der Waals surface area (Å²) < 4.78 is 7.05. The van der Waals surface area contributed by atoms with Gasteiger partial charge in [-0.05, 0) is 24.3 Å². The Morgan fingerprint density at radius 2 is 2.15 bits per heavy atom. The molecular formula is C14H9N3O2S. The van der Waals surface area contributed by atoms with Crippen LogP contribution in [0.2, 0.25) is 0 Å². The van der Waals surface area contributed by atoms with Crippen LogP contribution in [0.15, 0.2) is 46.7 Å². The van der Waals surface area contributed by atoms with E-state index in [1.54, 1.807) is 30.5 Å². The average molecular weight is 283 g/mol. The summed E-state index contributed by atoms with van der Waals surface area (Å²) in [6.07, 6.45) is 1.70. The van der Waals surface area contributed by atoms with Crippen molar-refractivity contribution < 1.29 is 4.74 Å². The Hall–Kier alpha value is -2.65. The summed E-state index contributed by atoms with van der Waals surface area (Å²) in [5.41, 5.74) is 1.05. The SMILES string of the molecule is N#Cc1ccc(OCc2cc(=O)n3ccsc3n2)cc1. The van der Waals surface area contributed by atoms with Crippen LogP contribution in [0.25, 0.3) is 4.96 Å².